The summed E-state index contributed by atoms with van der Waals surface area (Å²) in [4.78, 5) is 0. The second kappa shape index (κ2) is 13.3. The van der Waals surface area contributed by atoms with Gasteiger partial charge in [0.1, 0.15) is 5.75 Å². The Bertz CT molecular complexity index is 509. The van der Waals surface area contributed by atoms with Crippen molar-refractivity contribution in [1.82, 2.24) is 0 Å². The lowest BCUT2D eigenvalue weighted by Crippen LogP contribution is -2.05. The van der Waals surface area contributed by atoms with Crippen molar-refractivity contribution in [1.29, 1.82) is 0 Å². The van der Waals surface area contributed by atoms with Gasteiger partial charge in [0.25, 0.3) is 0 Å². The zero-order valence-electron chi connectivity index (χ0n) is 18.3. The van der Waals surface area contributed by atoms with E-state index in [-0.39, 0.29) is 0 Å². The predicted octanol–water partition coefficient (Wildman–Crippen LogP) is 8.50. The summed E-state index contributed by atoms with van der Waals surface area (Å²) in [5, 5.41) is 0. The van der Waals surface area contributed by atoms with Gasteiger partial charge in [-0.05, 0) is 49.1 Å². The van der Waals surface area contributed by atoms with Crippen LogP contribution in [0.1, 0.15) is 115 Å². The Balaban J connectivity index is 1.27. The topological polar surface area (TPSA) is 9.23 Å². The number of hydrogen-bond acceptors (Lipinski definition) is 1. The number of rotatable bonds is 12. The largest absolute Gasteiger partial charge is 0.493 e. The molecule has 2 fully saturated rings. The van der Waals surface area contributed by atoms with Gasteiger partial charge in [0.2, 0.25) is 0 Å². The maximum absolute atomic E-state index is 6.21. The smallest absolute Gasteiger partial charge is 0.122 e. The standard InChI is InChI=1S/C27H44O/c1-2-6-16-25(15-5-1)19-13-23-28-27-22-12-11-21-26(27)20-8-4-3-7-14-24-17-9-10-18-24/h11-12,21-22,24-25H,1-10,13-20,23H2. The Labute approximate surface area is 174 Å². The van der Waals surface area contributed by atoms with Gasteiger partial charge in [-0.2, -0.15) is 0 Å². The maximum atomic E-state index is 6.21. The first-order valence-corrected chi connectivity index (χ1v) is 12.6. The van der Waals surface area contributed by atoms with E-state index in [0.717, 1.165) is 24.2 Å². The molecule has 3 rings (SSSR count). The summed E-state index contributed by atoms with van der Waals surface area (Å²) in [7, 11) is 0. The Kier molecular flexibility index (Phi) is 10.3. The predicted molar refractivity (Wildman–Crippen MR) is 121 cm³/mol. The molecule has 0 saturated heterocycles. The molecule has 0 spiro atoms. The summed E-state index contributed by atoms with van der Waals surface area (Å²) in [5.74, 6) is 3.17. The molecule has 158 valence electrons. The van der Waals surface area contributed by atoms with E-state index in [0.29, 0.717) is 0 Å². The van der Waals surface area contributed by atoms with Crippen molar-refractivity contribution in [3.8, 4) is 5.75 Å². The second-order valence-corrected chi connectivity index (χ2v) is 9.56. The summed E-state index contributed by atoms with van der Waals surface area (Å²) in [6, 6.07) is 8.76. The van der Waals surface area contributed by atoms with Crippen LogP contribution < -0.4 is 4.74 Å². The molecule has 0 bridgehead atoms. The molecule has 2 saturated carbocycles. The zero-order valence-corrected chi connectivity index (χ0v) is 18.3. The molecule has 1 heteroatoms. The van der Waals surface area contributed by atoms with Gasteiger partial charge < -0.3 is 4.74 Å². The molecule has 28 heavy (non-hydrogen) atoms. The van der Waals surface area contributed by atoms with E-state index in [9.17, 15) is 0 Å². The number of benzene rings is 1. The lowest BCUT2D eigenvalue weighted by atomic mass is 9.95. The minimum Gasteiger partial charge on any atom is -0.493 e. The van der Waals surface area contributed by atoms with Crippen molar-refractivity contribution in [2.24, 2.45) is 11.8 Å². The van der Waals surface area contributed by atoms with E-state index >= 15 is 0 Å². The van der Waals surface area contributed by atoms with Crippen molar-refractivity contribution in [3.05, 3.63) is 29.8 Å². The molecule has 0 unspecified atom stereocenters. The van der Waals surface area contributed by atoms with Gasteiger partial charge in [0.05, 0.1) is 6.61 Å². The van der Waals surface area contributed by atoms with Crippen molar-refractivity contribution in [3.63, 3.8) is 0 Å². The Morgan fingerprint density at radius 2 is 1.25 bits per heavy atom. The highest BCUT2D eigenvalue weighted by atomic mass is 16.5. The number of unbranched alkanes of at least 4 members (excludes halogenated alkanes) is 3. The summed E-state index contributed by atoms with van der Waals surface area (Å²) in [6.07, 6.45) is 25.5. The number of aryl methyl sites for hydroxylation is 1. The first-order chi connectivity index (χ1) is 13.9. The monoisotopic (exact) mass is 384 g/mol. The minimum atomic E-state index is 0.898. The van der Waals surface area contributed by atoms with Gasteiger partial charge in [0, 0.05) is 0 Å². The lowest BCUT2D eigenvalue weighted by Gasteiger charge is -2.15. The molecule has 0 aromatic heterocycles. The van der Waals surface area contributed by atoms with Gasteiger partial charge in [-0.1, -0.05) is 108 Å². The van der Waals surface area contributed by atoms with Crippen LogP contribution in [0.15, 0.2) is 24.3 Å². The first kappa shape index (κ1) is 21.7. The molecule has 2 aliphatic carbocycles. The van der Waals surface area contributed by atoms with E-state index < -0.39 is 0 Å². The van der Waals surface area contributed by atoms with Crippen LogP contribution >= 0.6 is 0 Å². The average molecular weight is 385 g/mol. The molecule has 0 amide bonds. The molecule has 1 aromatic rings. The molecule has 1 aromatic carbocycles. The summed E-state index contributed by atoms with van der Waals surface area (Å²) < 4.78 is 6.21. The van der Waals surface area contributed by atoms with Crippen molar-refractivity contribution in [2.45, 2.75) is 116 Å². The van der Waals surface area contributed by atoms with E-state index in [1.165, 1.54) is 121 Å². The molecular weight excluding hydrogens is 340 g/mol. The molecule has 0 heterocycles. The normalized spacial score (nSPS) is 19.0. The van der Waals surface area contributed by atoms with Crippen LogP contribution in [0.3, 0.4) is 0 Å². The molecule has 2 aliphatic rings. The molecule has 0 radical (unpaired) electrons. The van der Waals surface area contributed by atoms with Gasteiger partial charge in [-0.3, -0.25) is 0 Å². The quantitative estimate of drug-likeness (QED) is 0.259. The highest BCUT2D eigenvalue weighted by molar-refractivity contribution is 5.33. The van der Waals surface area contributed by atoms with Crippen molar-refractivity contribution >= 4 is 0 Å². The number of ether oxygens (including phenoxy) is 1. The average Bonchev–Trinajstić information content (AvgIpc) is 3.11. The Morgan fingerprint density at radius 3 is 2.00 bits per heavy atom. The Hall–Kier alpha value is -0.980. The molecule has 0 aliphatic heterocycles. The second-order valence-electron chi connectivity index (χ2n) is 9.56. The fourth-order valence-electron chi connectivity index (χ4n) is 5.46. The lowest BCUT2D eigenvalue weighted by molar-refractivity contribution is 0.283. The van der Waals surface area contributed by atoms with Crippen LogP contribution in [-0.2, 0) is 6.42 Å². The molecule has 0 atom stereocenters. The maximum Gasteiger partial charge on any atom is 0.122 e. The van der Waals surface area contributed by atoms with Crippen LogP contribution in [0.2, 0.25) is 0 Å². The van der Waals surface area contributed by atoms with Crippen LogP contribution in [0, 0.1) is 11.8 Å². The van der Waals surface area contributed by atoms with Gasteiger partial charge >= 0.3 is 0 Å². The van der Waals surface area contributed by atoms with Gasteiger partial charge in [-0.25, -0.2) is 0 Å². The molecule has 1 nitrogen and oxygen atoms in total. The van der Waals surface area contributed by atoms with E-state index in [1.54, 1.807) is 0 Å². The van der Waals surface area contributed by atoms with Crippen molar-refractivity contribution in [2.75, 3.05) is 6.61 Å². The first-order valence-electron chi connectivity index (χ1n) is 12.6. The third-order valence-electron chi connectivity index (χ3n) is 7.24. The third kappa shape index (κ3) is 8.18. The van der Waals surface area contributed by atoms with Crippen molar-refractivity contribution < 1.29 is 4.74 Å². The number of para-hydroxylation sites is 1. The molecule has 0 N–H and O–H groups in total. The fourth-order valence-corrected chi connectivity index (χ4v) is 5.46. The highest BCUT2D eigenvalue weighted by Crippen LogP contribution is 2.30. The SMILES string of the molecule is c1ccc(OCCCC2CCCCCC2)c(CCCCCCC2CCCC2)c1. The summed E-state index contributed by atoms with van der Waals surface area (Å²) in [6.45, 7) is 0.898. The van der Waals surface area contributed by atoms with E-state index in [2.05, 4.69) is 24.3 Å². The van der Waals surface area contributed by atoms with Crippen LogP contribution in [0.25, 0.3) is 0 Å². The number of hydrogen-bond donors (Lipinski definition) is 0. The van der Waals surface area contributed by atoms with Crippen LogP contribution in [0.5, 0.6) is 5.75 Å². The van der Waals surface area contributed by atoms with E-state index in [4.69, 9.17) is 4.74 Å². The van der Waals surface area contributed by atoms with E-state index in [1.807, 2.05) is 0 Å². The third-order valence-corrected chi connectivity index (χ3v) is 7.24. The zero-order chi connectivity index (χ0) is 19.3. The summed E-state index contributed by atoms with van der Waals surface area (Å²) >= 11 is 0. The molecular formula is C27H44O. The van der Waals surface area contributed by atoms with Gasteiger partial charge in [-0.15, -0.1) is 0 Å². The summed E-state index contributed by atoms with van der Waals surface area (Å²) in [5.41, 5.74) is 1.42. The van der Waals surface area contributed by atoms with Gasteiger partial charge in [0.15, 0.2) is 0 Å². The highest BCUT2D eigenvalue weighted by Gasteiger charge is 2.14. The van der Waals surface area contributed by atoms with Crippen LogP contribution in [0.4, 0.5) is 0 Å². The minimum absolute atomic E-state index is 0.898. The Morgan fingerprint density at radius 1 is 0.643 bits per heavy atom. The fraction of sp³-hybridized carbons (Fsp3) is 0.778. The van der Waals surface area contributed by atoms with Crippen LogP contribution in [-0.4, -0.2) is 6.61 Å².